The van der Waals surface area contributed by atoms with E-state index in [-0.39, 0.29) is 37.0 Å². The van der Waals surface area contributed by atoms with Crippen LogP contribution in [0.3, 0.4) is 0 Å². The fourth-order valence-electron chi connectivity index (χ4n) is 5.96. The molecule has 2 aliphatic carbocycles. The Kier molecular flexibility index (Phi) is 6.23. The predicted octanol–water partition coefficient (Wildman–Crippen LogP) is 3.25. The SMILES string of the molecule is COCC(NC(=O)OCC1c2ccccc2-c2ccccc21)C(=O)N1CC(C(=O)O)C2(CCC2)C1. The Morgan fingerprint density at radius 1 is 1.09 bits per heavy atom. The zero-order valence-corrected chi connectivity index (χ0v) is 19.7. The van der Waals surface area contributed by atoms with Crippen molar-refractivity contribution in [3.63, 3.8) is 0 Å². The number of hydrogen-bond donors (Lipinski definition) is 2. The van der Waals surface area contributed by atoms with Crippen molar-refractivity contribution >= 4 is 18.0 Å². The van der Waals surface area contributed by atoms with Crippen LogP contribution in [0.5, 0.6) is 0 Å². The van der Waals surface area contributed by atoms with Crippen LogP contribution in [-0.4, -0.2) is 67.4 Å². The standard InChI is InChI=1S/C27H30N2O6/c1-34-15-23(24(30)29-13-22(25(31)32)27(16-29)11-6-12-27)28-26(33)35-14-21-19-9-4-2-7-17(19)18-8-3-5-10-20(18)21/h2-5,7-10,21-23H,6,11-16H2,1H3,(H,28,33)(H,31,32). The monoisotopic (exact) mass is 478 g/mol. The van der Waals surface area contributed by atoms with E-state index in [4.69, 9.17) is 9.47 Å². The summed E-state index contributed by atoms with van der Waals surface area (Å²) in [7, 11) is 1.46. The third-order valence-corrected chi connectivity index (χ3v) is 7.87. The largest absolute Gasteiger partial charge is 0.481 e. The quantitative estimate of drug-likeness (QED) is 0.633. The van der Waals surface area contributed by atoms with Crippen LogP contribution in [0.25, 0.3) is 11.1 Å². The van der Waals surface area contributed by atoms with E-state index in [9.17, 15) is 19.5 Å². The van der Waals surface area contributed by atoms with E-state index >= 15 is 0 Å². The average molecular weight is 479 g/mol. The number of nitrogens with one attached hydrogen (secondary N) is 1. The Bertz CT molecular complexity index is 1100. The van der Waals surface area contributed by atoms with Gasteiger partial charge in [-0.2, -0.15) is 0 Å². The van der Waals surface area contributed by atoms with Gasteiger partial charge in [0.2, 0.25) is 5.91 Å². The molecule has 0 radical (unpaired) electrons. The van der Waals surface area contributed by atoms with Crippen LogP contribution in [-0.2, 0) is 19.1 Å². The average Bonchev–Trinajstić information content (AvgIpc) is 3.40. The lowest BCUT2D eigenvalue weighted by Gasteiger charge is -2.41. The van der Waals surface area contributed by atoms with Crippen molar-refractivity contribution in [2.45, 2.75) is 31.2 Å². The second-order valence-electron chi connectivity index (χ2n) is 9.80. The third kappa shape index (κ3) is 4.16. The molecule has 3 aliphatic rings. The molecule has 2 fully saturated rings. The lowest BCUT2D eigenvalue weighted by atomic mass is 9.63. The fourth-order valence-corrected chi connectivity index (χ4v) is 5.96. The second-order valence-corrected chi connectivity index (χ2v) is 9.80. The van der Waals surface area contributed by atoms with Crippen LogP contribution < -0.4 is 5.32 Å². The van der Waals surface area contributed by atoms with Crippen LogP contribution in [0.15, 0.2) is 48.5 Å². The van der Waals surface area contributed by atoms with Gasteiger partial charge in [-0.3, -0.25) is 9.59 Å². The van der Waals surface area contributed by atoms with Crippen molar-refractivity contribution < 1.29 is 29.0 Å². The molecule has 2 amide bonds. The zero-order chi connectivity index (χ0) is 24.6. The number of carbonyl (C=O) groups excluding carboxylic acids is 2. The predicted molar refractivity (Wildman–Crippen MR) is 128 cm³/mol. The number of carboxylic acids is 1. The number of likely N-dealkylation sites (tertiary alicyclic amines) is 1. The van der Waals surface area contributed by atoms with Crippen LogP contribution in [0, 0.1) is 11.3 Å². The number of fused-ring (bicyclic) bond motifs is 3. The number of nitrogens with zero attached hydrogens (tertiary/aromatic N) is 1. The molecule has 1 saturated carbocycles. The Morgan fingerprint density at radius 2 is 1.71 bits per heavy atom. The van der Waals surface area contributed by atoms with Crippen LogP contribution in [0.4, 0.5) is 4.79 Å². The normalized spacial score (nSPS) is 20.6. The molecule has 1 aliphatic heterocycles. The summed E-state index contributed by atoms with van der Waals surface area (Å²) in [6, 6.07) is 15.2. The van der Waals surface area contributed by atoms with Gasteiger partial charge in [0.25, 0.3) is 0 Å². The number of ether oxygens (including phenoxy) is 2. The maximum absolute atomic E-state index is 13.2. The molecular formula is C27H30N2O6. The second kappa shape index (κ2) is 9.34. The van der Waals surface area contributed by atoms with Gasteiger partial charge in [-0.15, -0.1) is 0 Å². The van der Waals surface area contributed by atoms with Gasteiger partial charge in [-0.25, -0.2) is 4.79 Å². The van der Waals surface area contributed by atoms with Crippen LogP contribution in [0.1, 0.15) is 36.3 Å². The number of alkyl carbamates (subject to hydrolysis) is 1. The number of amides is 2. The first-order valence-corrected chi connectivity index (χ1v) is 12.1. The Labute approximate surface area is 204 Å². The van der Waals surface area contributed by atoms with E-state index in [1.54, 1.807) is 4.90 Å². The molecule has 2 aromatic rings. The lowest BCUT2D eigenvalue weighted by Crippen LogP contribution is -2.51. The zero-order valence-electron chi connectivity index (χ0n) is 19.7. The van der Waals surface area contributed by atoms with Crippen molar-refractivity contribution in [1.82, 2.24) is 10.2 Å². The van der Waals surface area contributed by atoms with Crippen molar-refractivity contribution in [3.05, 3.63) is 59.7 Å². The number of rotatable bonds is 7. The highest BCUT2D eigenvalue weighted by molar-refractivity contribution is 5.87. The van der Waals surface area contributed by atoms with Crippen molar-refractivity contribution in [2.24, 2.45) is 11.3 Å². The summed E-state index contributed by atoms with van der Waals surface area (Å²) in [5.41, 5.74) is 4.14. The Hall–Kier alpha value is -3.39. The topological polar surface area (TPSA) is 105 Å². The van der Waals surface area contributed by atoms with E-state index in [0.717, 1.165) is 41.5 Å². The molecule has 2 N–H and O–H groups in total. The van der Waals surface area contributed by atoms with E-state index in [0.29, 0.717) is 6.54 Å². The number of carboxylic acid groups (broad SMARTS) is 1. The van der Waals surface area contributed by atoms with E-state index in [2.05, 4.69) is 17.4 Å². The van der Waals surface area contributed by atoms with Crippen molar-refractivity contribution in [3.8, 4) is 11.1 Å². The number of hydrogen-bond acceptors (Lipinski definition) is 5. The molecular weight excluding hydrogens is 448 g/mol. The third-order valence-electron chi connectivity index (χ3n) is 7.87. The molecule has 1 saturated heterocycles. The highest BCUT2D eigenvalue weighted by atomic mass is 16.5. The molecule has 2 unspecified atom stereocenters. The Balaban J connectivity index is 1.24. The lowest BCUT2D eigenvalue weighted by molar-refractivity contribution is -0.146. The summed E-state index contributed by atoms with van der Waals surface area (Å²) in [4.78, 5) is 39.3. The molecule has 8 nitrogen and oxygen atoms in total. The van der Waals surface area contributed by atoms with Crippen molar-refractivity contribution in [1.29, 1.82) is 0 Å². The maximum Gasteiger partial charge on any atom is 0.407 e. The van der Waals surface area contributed by atoms with Gasteiger partial charge in [0.05, 0.1) is 12.5 Å². The highest BCUT2D eigenvalue weighted by Gasteiger charge is 2.55. The molecule has 2 atom stereocenters. The van der Waals surface area contributed by atoms with Gasteiger partial charge in [0.15, 0.2) is 0 Å². The maximum atomic E-state index is 13.2. The molecule has 0 bridgehead atoms. The van der Waals surface area contributed by atoms with Crippen LogP contribution >= 0.6 is 0 Å². The molecule has 1 spiro atoms. The molecule has 5 rings (SSSR count). The minimum atomic E-state index is -0.944. The smallest absolute Gasteiger partial charge is 0.407 e. The number of carbonyl (C=O) groups is 3. The Morgan fingerprint density at radius 3 is 2.23 bits per heavy atom. The summed E-state index contributed by atoms with van der Waals surface area (Å²) in [6.45, 7) is 0.669. The molecule has 2 aromatic carbocycles. The first-order valence-electron chi connectivity index (χ1n) is 12.1. The van der Waals surface area contributed by atoms with E-state index < -0.39 is 24.0 Å². The molecule has 184 valence electrons. The first kappa shape index (κ1) is 23.4. The van der Waals surface area contributed by atoms with Crippen LogP contribution in [0.2, 0.25) is 0 Å². The summed E-state index contributed by atoms with van der Waals surface area (Å²) < 4.78 is 10.8. The van der Waals surface area contributed by atoms with E-state index in [1.165, 1.54) is 7.11 Å². The summed E-state index contributed by atoms with van der Waals surface area (Å²) in [5, 5.41) is 12.3. The number of benzene rings is 2. The first-order chi connectivity index (χ1) is 16.9. The number of methoxy groups -OCH3 is 1. The minimum Gasteiger partial charge on any atom is -0.481 e. The number of aliphatic carboxylic acids is 1. The molecule has 35 heavy (non-hydrogen) atoms. The van der Waals surface area contributed by atoms with Gasteiger partial charge < -0.3 is 24.8 Å². The fraction of sp³-hybridized carbons (Fsp3) is 0.444. The molecule has 1 heterocycles. The van der Waals surface area contributed by atoms with E-state index in [1.807, 2.05) is 36.4 Å². The van der Waals surface area contributed by atoms with Gasteiger partial charge in [0.1, 0.15) is 12.6 Å². The van der Waals surface area contributed by atoms with Gasteiger partial charge >= 0.3 is 12.1 Å². The van der Waals surface area contributed by atoms with Gasteiger partial charge in [-0.05, 0) is 35.1 Å². The highest BCUT2D eigenvalue weighted by Crippen LogP contribution is 2.51. The van der Waals surface area contributed by atoms with Gasteiger partial charge in [0, 0.05) is 31.5 Å². The summed E-state index contributed by atoms with van der Waals surface area (Å²) >= 11 is 0. The van der Waals surface area contributed by atoms with Gasteiger partial charge in [-0.1, -0.05) is 55.0 Å². The van der Waals surface area contributed by atoms with Crippen molar-refractivity contribution in [2.75, 3.05) is 33.4 Å². The molecule has 0 aromatic heterocycles. The summed E-state index contributed by atoms with van der Waals surface area (Å²) in [6.07, 6.45) is 1.89. The summed E-state index contributed by atoms with van der Waals surface area (Å²) in [5.74, 6) is -1.86. The molecule has 8 heteroatoms. The minimum absolute atomic E-state index is 0.0235.